The molecule has 8 heteroatoms. The largest absolute Gasteiger partial charge is 0.462 e. The van der Waals surface area contributed by atoms with Crippen molar-refractivity contribution in [2.75, 3.05) is 13.7 Å². The van der Waals surface area contributed by atoms with E-state index in [2.05, 4.69) is 0 Å². The van der Waals surface area contributed by atoms with Gasteiger partial charge in [-0.05, 0) is 19.9 Å². The van der Waals surface area contributed by atoms with Crippen LogP contribution in [0.1, 0.15) is 30.6 Å². The second-order valence-electron chi connectivity index (χ2n) is 4.89. The zero-order chi connectivity index (χ0) is 16.2. The Kier molecular flexibility index (Phi) is 5.31. The molecule has 1 rings (SSSR count). The number of nitro benzene ring substituents is 1. The van der Waals surface area contributed by atoms with Crippen LogP contribution in [0.4, 0.5) is 14.5 Å². The van der Waals surface area contributed by atoms with E-state index in [1.54, 1.807) is 13.8 Å². The van der Waals surface area contributed by atoms with Crippen molar-refractivity contribution in [1.82, 2.24) is 0 Å². The quantitative estimate of drug-likeness (QED) is 0.458. The van der Waals surface area contributed by atoms with E-state index < -0.39 is 39.4 Å². The number of nitro groups is 1. The summed E-state index contributed by atoms with van der Waals surface area (Å²) >= 11 is 0. The normalized spacial score (nSPS) is 11.3. The minimum Gasteiger partial charge on any atom is -0.462 e. The fourth-order valence-electron chi connectivity index (χ4n) is 1.42. The molecule has 6 nitrogen and oxygen atoms in total. The molecule has 0 saturated heterocycles. The predicted molar refractivity (Wildman–Crippen MR) is 69.0 cm³/mol. The summed E-state index contributed by atoms with van der Waals surface area (Å²) in [6.45, 7) is 3.46. The van der Waals surface area contributed by atoms with Crippen LogP contribution in [0.15, 0.2) is 12.1 Å². The van der Waals surface area contributed by atoms with E-state index in [0.717, 1.165) is 0 Å². The summed E-state index contributed by atoms with van der Waals surface area (Å²) in [7, 11) is 1.49. The van der Waals surface area contributed by atoms with Gasteiger partial charge in [-0.2, -0.15) is 0 Å². The zero-order valence-corrected chi connectivity index (χ0v) is 11.8. The van der Waals surface area contributed by atoms with Crippen LogP contribution in [0.2, 0.25) is 0 Å². The first-order valence-corrected chi connectivity index (χ1v) is 6.03. The lowest BCUT2D eigenvalue weighted by Gasteiger charge is -2.22. The first kappa shape index (κ1) is 17.0. The van der Waals surface area contributed by atoms with Crippen molar-refractivity contribution >= 4 is 11.7 Å². The maximum Gasteiger partial charge on any atom is 0.345 e. The first-order chi connectivity index (χ1) is 9.68. The minimum atomic E-state index is -1.40. The topological polar surface area (TPSA) is 78.7 Å². The molecule has 0 N–H and O–H groups in total. The van der Waals surface area contributed by atoms with Crippen molar-refractivity contribution in [3.05, 3.63) is 39.4 Å². The Bertz CT molecular complexity index is 560. The van der Waals surface area contributed by atoms with Gasteiger partial charge in [0.2, 0.25) is 0 Å². The molecule has 0 unspecified atom stereocenters. The molecule has 0 aliphatic heterocycles. The number of ether oxygens (including phenoxy) is 2. The lowest BCUT2D eigenvalue weighted by atomic mass is 10.1. The molecular weight excluding hydrogens is 288 g/mol. The molecule has 0 heterocycles. The van der Waals surface area contributed by atoms with Crippen molar-refractivity contribution < 1.29 is 28.0 Å². The Hall–Kier alpha value is -2.09. The third-order valence-corrected chi connectivity index (χ3v) is 2.95. The summed E-state index contributed by atoms with van der Waals surface area (Å²) in [6, 6.07) is 0.808. The lowest BCUT2D eigenvalue weighted by Crippen LogP contribution is -2.25. The maximum absolute atomic E-state index is 13.1. The van der Waals surface area contributed by atoms with Crippen LogP contribution in [-0.4, -0.2) is 30.2 Å². The monoisotopic (exact) mass is 303 g/mol. The number of esters is 1. The highest BCUT2D eigenvalue weighted by Crippen LogP contribution is 2.23. The highest BCUT2D eigenvalue weighted by Gasteiger charge is 2.26. The van der Waals surface area contributed by atoms with E-state index >= 15 is 0 Å². The Morgan fingerprint density at radius 3 is 2.43 bits per heavy atom. The molecule has 116 valence electrons. The van der Waals surface area contributed by atoms with E-state index in [9.17, 15) is 23.7 Å². The van der Waals surface area contributed by atoms with Gasteiger partial charge in [0.15, 0.2) is 11.6 Å². The highest BCUT2D eigenvalue weighted by molar-refractivity contribution is 5.93. The number of halogens is 2. The van der Waals surface area contributed by atoms with Crippen molar-refractivity contribution in [2.24, 2.45) is 0 Å². The van der Waals surface area contributed by atoms with E-state index in [0.29, 0.717) is 18.6 Å². The summed E-state index contributed by atoms with van der Waals surface area (Å²) in [5, 5.41) is 10.8. The second kappa shape index (κ2) is 6.57. The van der Waals surface area contributed by atoms with Gasteiger partial charge in [-0.25, -0.2) is 13.6 Å². The van der Waals surface area contributed by atoms with Gasteiger partial charge in [0, 0.05) is 13.5 Å². The number of carbonyl (C=O) groups excluding carboxylic acids is 1. The van der Waals surface area contributed by atoms with Crippen LogP contribution in [-0.2, 0) is 9.47 Å². The molecule has 0 spiro atoms. The summed E-state index contributed by atoms with van der Waals surface area (Å²) in [5.74, 6) is -3.85. The highest BCUT2D eigenvalue weighted by atomic mass is 19.2. The Morgan fingerprint density at radius 1 is 1.33 bits per heavy atom. The standard InChI is InChI=1S/C13H15F2NO5/c1-13(2,20-3)4-5-21-12(17)8-6-9(14)10(15)7-11(8)16(18)19/h6-7H,4-5H2,1-3H3. The van der Waals surface area contributed by atoms with E-state index in [4.69, 9.17) is 9.47 Å². The van der Waals surface area contributed by atoms with Gasteiger partial charge in [-0.15, -0.1) is 0 Å². The van der Waals surface area contributed by atoms with Gasteiger partial charge in [0.1, 0.15) is 5.56 Å². The number of nitrogens with zero attached hydrogens (tertiary/aromatic N) is 1. The first-order valence-electron chi connectivity index (χ1n) is 6.03. The van der Waals surface area contributed by atoms with Gasteiger partial charge in [-0.1, -0.05) is 0 Å². The second-order valence-corrected chi connectivity index (χ2v) is 4.89. The Balaban J connectivity index is 2.87. The average Bonchev–Trinajstić information content (AvgIpc) is 2.40. The average molecular weight is 303 g/mol. The summed E-state index contributed by atoms with van der Waals surface area (Å²) in [4.78, 5) is 21.5. The van der Waals surface area contributed by atoms with Crippen LogP contribution in [0.3, 0.4) is 0 Å². The number of carbonyl (C=O) groups is 1. The molecule has 1 aromatic carbocycles. The smallest absolute Gasteiger partial charge is 0.345 e. The number of hydrogen-bond donors (Lipinski definition) is 0. The maximum atomic E-state index is 13.1. The molecular formula is C13H15F2NO5. The molecule has 0 fully saturated rings. The van der Waals surface area contributed by atoms with Crippen molar-refractivity contribution in [2.45, 2.75) is 25.9 Å². The van der Waals surface area contributed by atoms with Gasteiger partial charge in [-0.3, -0.25) is 10.1 Å². The van der Waals surface area contributed by atoms with E-state index in [-0.39, 0.29) is 6.61 Å². The van der Waals surface area contributed by atoms with Crippen LogP contribution >= 0.6 is 0 Å². The fraction of sp³-hybridized carbons (Fsp3) is 0.462. The molecule has 0 aliphatic carbocycles. The molecule has 0 saturated carbocycles. The van der Waals surface area contributed by atoms with Gasteiger partial charge in [0.25, 0.3) is 5.69 Å². The minimum absolute atomic E-state index is 0.0736. The molecule has 0 bridgehead atoms. The lowest BCUT2D eigenvalue weighted by molar-refractivity contribution is -0.385. The summed E-state index contributed by atoms with van der Waals surface area (Å²) in [6.07, 6.45) is 0.340. The fourth-order valence-corrected chi connectivity index (χ4v) is 1.42. The van der Waals surface area contributed by atoms with Gasteiger partial charge >= 0.3 is 5.97 Å². The molecule has 0 aliphatic rings. The number of benzene rings is 1. The molecule has 0 atom stereocenters. The predicted octanol–water partition coefficient (Wildman–Crippen LogP) is 2.84. The number of rotatable bonds is 6. The summed E-state index contributed by atoms with van der Waals surface area (Å²) < 4.78 is 36.1. The molecule has 21 heavy (non-hydrogen) atoms. The third kappa shape index (κ3) is 4.45. The molecule has 0 radical (unpaired) electrons. The van der Waals surface area contributed by atoms with Crippen LogP contribution in [0, 0.1) is 21.7 Å². The zero-order valence-electron chi connectivity index (χ0n) is 11.8. The van der Waals surface area contributed by atoms with Crippen molar-refractivity contribution in [1.29, 1.82) is 0 Å². The SMILES string of the molecule is COC(C)(C)CCOC(=O)c1cc(F)c(F)cc1[N+](=O)[O-]. The van der Waals surface area contributed by atoms with Gasteiger partial charge < -0.3 is 9.47 Å². The number of methoxy groups -OCH3 is 1. The van der Waals surface area contributed by atoms with E-state index in [1.165, 1.54) is 7.11 Å². The molecule has 0 amide bonds. The van der Waals surface area contributed by atoms with Crippen molar-refractivity contribution in [3.63, 3.8) is 0 Å². The summed E-state index contributed by atoms with van der Waals surface area (Å²) in [5.41, 5.74) is -2.01. The van der Waals surface area contributed by atoms with Crippen LogP contribution in [0.5, 0.6) is 0 Å². The number of hydrogen-bond acceptors (Lipinski definition) is 5. The Morgan fingerprint density at radius 2 is 1.90 bits per heavy atom. The van der Waals surface area contributed by atoms with E-state index in [1.807, 2.05) is 0 Å². The van der Waals surface area contributed by atoms with Gasteiger partial charge in [0.05, 0.1) is 23.2 Å². The molecule has 1 aromatic rings. The van der Waals surface area contributed by atoms with Crippen molar-refractivity contribution in [3.8, 4) is 0 Å². The van der Waals surface area contributed by atoms with Crippen LogP contribution in [0.25, 0.3) is 0 Å². The van der Waals surface area contributed by atoms with Crippen LogP contribution < -0.4 is 0 Å². The molecule has 0 aromatic heterocycles. The third-order valence-electron chi connectivity index (χ3n) is 2.95. The Labute approximate surface area is 119 Å².